The number of unbranched alkanes of at least 4 members (excludes halogenated alkanes) is 1. The van der Waals surface area contributed by atoms with Gasteiger partial charge >= 0.3 is 0 Å². The van der Waals surface area contributed by atoms with Gasteiger partial charge in [-0.15, -0.1) is 0 Å². The number of nitrogens with zero attached hydrogens (tertiary/aromatic N) is 3. The van der Waals surface area contributed by atoms with Gasteiger partial charge in [0, 0.05) is 38.4 Å². The highest BCUT2D eigenvalue weighted by Crippen LogP contribution is 2.35. The quantitative estimate of drug-likeness (QED) is 0.436. The van der Waals surface area contributed by atoms with Gasteiger partial charge in [-0.1, -0.05) is 36.4 Å². The van der Waals surface area contributed by atoms with Crippen LogP contribution in [0.5, 0.6) is 5.75 Å². The van der Waals surface area contributed by atoms with Crippen LogP contribution in [0.15, 0.2) is 60.7 Å². The Morgan fingerprint density at radius 3 is 2.55 bits per heavy atom. The van der Waals surface area contributed by atoms with Crippen molar-refractivity contribution in [3.8, 4) is 5.75 Å². The van der Waals surface area contributed by atoms with Crippen molar-refractivity contribution in [1.29, 1.82) is 0 Å². The van der Waals surface area contributed by atoms with Gasteiger partial charge < -0.3 is 19.4 Å². The first kappa shape index (κ1) is 22.2. The van der Waals surface area contributed by atoms with Crippen molar-refractivity contribution in [3.63, 3.8) is 0 Å². The molecule has 0 unspecified atom stereocenters. The molecular formula is C29H37N3O. The van der Waals surface area contributed by atoms with Gasteiger partial charge in [0.1, 0.15) is 5.75 Å². The van der Waals surface area contributed by atoms with Crippen LogP contribution in [-0.4, -0.2) is 62.7 Å². The maximum atomic E-state index is 6.13. The molecular weight excluding hydrogens is 406 g/mol. The topological polar surface area (TPSA) is 19.0 Å². The summed E-state index contributed by atoms with van der Waals surface area (Å²) >= 11 is 0. The van der Waals surface area contributed by atoms with E-state index < -0.39 is 0 Å². The molecule has 33 heavy (non-hydrogen) atoms. The van der Waals surface area contributed by atoms with Crippen LogP contribution >= 0.6 is 0 Å². The average molecular weight is 444 g/mol. The lowest BCUT2D eigenvalue weighted by Gasteiger charge is -2.32. The number of fused-ring (bicyclic) bond motifs is 2. The van der Waals surface area contributed by atoms with E-state index in [-0.39, 0.29) is 0 Å². The number of hydrogen-bond acceptors (Lipinski definition) is 4. The lowest BCUT2D eigenvalue weighted by Crippen LogP contribution is -2.44. The average Bonchev–Trinajstić information content (AvgIpc) is 3.28. The van der Waals surface area contributed by atoms with Gasteiger partial charge in [0.2, 0.25) is 0 Å². The van der Waals surface area contributed by atoms with Gasteiger partial charge in [-0.2, -0.15) is 0 Å². The Morgan fingerprint density at radius 1 is 0.848 bits per heavy atom. The number of piperazine rings is 1. The molecule has 2 heterocycles. The summed E-state index contributed by atoms with van der Waals surface area (Å²) < 4.78 is 6.13. The molecule has 1 saturated heterocycles. The van der Waals surface area contributed by atoms with Gasteiger partial charge in [-0.3, -0.25) is 0 Å². The van der Waals surface area contributed by atoms with E-state index in [1.54, 1.807) is 0 Å². The second kappa shape index (κ2) is 10.1. The Bertz CT molecular complexity index is 1070. The Kier molecular flexibility index (Phi) is 6.84. The normalized spacial score (nSPS) is 17.9. The lowest BCUT2D eigenvalue weighted by molar-refractivity contribution is 0.150. The molecule has 0 N–H and O–H groups in total. The predicted molar refractivity (Wildman–Crippen MR) is 139 cm³/mol. The molecule has 0 aromatic heterocycles. The molecule has 1 atom stereocenters. The summed E-state index contributed by atoms with van der Waals surface area (Å²) in [5.41, 5.74) is 4.22. The maximum absolute atomic E-state index is 6.13. The van der Waals surface area contributed by atoms with Crippen LogP contribution in [-0.2, 0) is 6.42 Å². The van der Waals surface area contributed by atoms with Gasteiger partial charge in [0.25, 0.3) is 0 Å². The van der Waals surface area contributed by atoms with Gasteiger partial charge in [0.05, 0.1) is 12.6 Å². The molecule has 1 fully saturated rings. The summed E-state index contributed by atoms with van der Waals surface area (Å²) in [4.78, 5) is 7.53. The first-order chi connectivity index (χ1) is 16.2. The Labute approximate surface area is 198 Å². The molecule has 0 amide bonds. The predicted octanol–water partition coefficient (Wildman–Crippen LogP) is 5.37. The van der Waals surface area contributed by atoms with Crippen molar-refractivity contribution in [2.75, 3.05) is 57.8 Å². The first-order valence-electron chi connectivity index (χ1n) is 12.6. The summed E-state index contributed by atoms with van der Waals surface area (Å²) in [5.74, 6) is 0.985. The van der Waals surface area contributed by atoms with Crippen LogP contribution in [0.3, 0.4) is 0 Å². The van der Waals surface area contributed by atoms with E-state index in [0.29, 0.717) is 6.04 Å². The molecule has 0 aliphatic carbocycles. The molecule has 2 aliphatic rings. The minimum absolute atomic E-state index is 0.359. The molecule has 0 saturated carbocycles. The van der Waals surface area contributed by atoms with E-state index in [4.69, 9.17) is 4.74 Å². The standard InChI is InChI=1S/C29H37N3O/c1-23(32-15-13-25-7-3-4-8-29(25)32)26-10-9-24-11-12-28(22-27(24)21-26)33-20-6-5-14-31-18-16-30(2)17-19-31/h3-4,7-12,21-23H,5-6,13-20H2,1-2H3/t23-/m0/s1. The summed E-state index contributed by atoms with van der Waals surface area (Å²) in [6.07, 6.45) is 3.45. The van der Waals surface area contributed by atoms with Crippen molar-refractivity contribution >= 4 is 16.5 Å². The zero-order valence-corrected chi connectivity index (χ0v) is 20.2. The second-order valence-corrected chi connectivity index (χ2v) is 9.72. The van der Waals surface area contributed by atoms with Gasteiger partial charge in [-0.25, -0.2) is 0 Å². The summed E-state index contributed by atoms with van der Waals surface area (Å²) in [7, 11) is 2.21. The van der Waals surface area contributed by atoms with Crippen molar-refractivity contribution in [2.24, 2.45) is 0 Å². The molecule has 2 aliphatic heterocycles. The Morgan fingerprint density at radius 2 is 1.67 bits per heavy atom. The number of likely N-dealkylation sites (N-methyl/N-ethyl adjacent to an activating group) is 1. The van der Waals surface area contributed by atoms with Crippen LogP contribution in [0.4, 0.5) is 5.69 Å². The molecule has 0 spiro atoms. The van der Waals surface area contributed by atoms with Crippen LogP contribution in [0.2, 0.25) is 0 Å². The van der Waals surface area contributed by atoms with E-state index in [2.05, 4.69) is 89.3 Å². The third kappa shape index (κ3) is 5.18. The largest absolute Gasteiger partial charge is 0.494 e. The maximum Gasteiger partial charge on any atom is 0.119 e. The molecule has 174 valence electrons. The summed E-state index contributed by atoms with van der Waals surface area (Å²) in [5, 5.41) is 2.54. The number of hydrogen-bond donors (Lipinski definition) is 0. The monoisotopic (exact) mass is 443 g/mol. The SMILES string of the molecule is C[C@@H](c1ccc2ccc(OCCCCN3CCN(C)CC3)cc2c1)N1CCc2ccccc21. The van der Waals surface area contributed by atoms with Crippen LogP contribution in [0.1, 0.15) is 36.9 Å². The number of anilines is 1. The number of ether oxygens (including phenoxy) is 1. The van der Waals surface area contributed by atoms with E-state index in [0.717, 1.165) is 31.7 Å². The van der Waals surface area contributed by atoms with Crippen molar-refractivity contribution in [2.45, 2.75) is 32.2 Å². The molecule has 0 bridgehead atoms. The fourth-order valence-corrected chi connectivity index (χ4v) is 5.24. The zero-order chi connectivity index (χ0) is 22.6. The minimum atomic E-state index is 0.359. The first-order valence-corrected chi connectivity index (χ1v) is 12.6. The lowest BCUT2D eigenvalue weighted by atomic mass is 10.0. The minimum Gasteiger partial charge on any atom is -0.494 e. The smallest absolute Gasteiger partial charge is 0.119 e. The third-order valence-electron chi connectivity index (χ3n) is 7.44. The summed E-state index contributed by atoms with van der Waals surface area (Å²) in [6, 6.07) is 22.6. The fourth-order valence-electron chi connectivity index (χ4n) is 5.24. The van der Waals surface area contributed by atoms with Crippen molar-refractivity contribution < 1.29 is 4.74 Å². The van der Waals surface area contributed by atoms with E-state index in [1.807, 2.05) is 0 Å². The zero-order valence-electron chi connectivity index (χ0n) is 20.2. The van der Waals surface area contributed by atoms with E-state index in [9.17, 15) is 0 Å². The second-order valence-electron chi connectivity index (χ2n) is 9.72. The van der Waals surface area contributed by atoms with Crippen LogP contribution in [0, 0.1) is 0 Å². The fraction of sp³-hybridized carbons (Fsp3) is 0.448. The molecule has 3 aromatic rings. The van der Waals surface area contributed by atoms with E-state index in [1.165, 1.54) is 66.7 Å². The third-order valence-corrected chi connectivity index (χ3v) is 7.44. The highest BCUT2D eigenvalue weighted by molar-refractivity contribution is 5.84. The van der Waals surface area contributed by atoms with Gasteiger partial charge in [0.15, 0.2) is 0 Å². The Balaban J connectivity index is 1.18. The van der Waals surface area contributed by atoms with Crippen LogP contribution in [0.25, 0.3) is 10.8 Å². The molecule has 3 aromatic carbocycles. The highest BCUT2D eigenvalue weighted by atomic mass is 16.5. The van der Waals surface area contributed by atoms with Crippen molar-refractivity contribution in [1.82, 2.24) is 9.80 Å². The molecule has 4 heteroatoms. The molecule has 0 radical (unpaired) electrons. The number of benzene rings is 3. The van der Waals surface area contributed by atoms with Gasteiger partial charge in [-0.05, 0) is 85.9 Å². The highest BCUT2D eigenvalue weighted by Gasteiger charge is 2.24. The number of para-hydroxylation sites is 1. The van der Waals surface area contributed by atoms with Crippen molar-refractivity contribution in [3.05, 3.63) is 71.8 Å². The van der Waals surface area contributed by atoms with Crippen LogP contribution < -0.4 is 9.64 Å². The summed E-state index contributed by atoms with van der Waals surface area (Å²) in [6.45, 7) is 10.2. The molecule has 4 nitrogen and oxygen atoms in total. The molecule has 5 rings (SSSR count). The Hall–Kier alpha value is -2.56. The van der Waals surface area contributed by atoms with E-state index >= 15 is 0 Å². The number of rotatable bonds is 8.